The minimum atomic E-state index is -1.11. The summed E-state index contributed by atoms with van der Waals surface area (Å²) in [5.74, 6) is -2.42. The number of ether oxygens (including phenoxy) is 1. The number of hydrogen-bond donors (Lipinski definition) is 3. The fraction of sp³-hybridized carbons (Fsp3) is 0.773. The van der Waals surface area contributed by atoms with E-state index in [9.17, 15) is 24.9 Å². The lowest BCUT2D eigenvalue weighted by Crippen LogP contribution is -2.54. The lowest BCUT2D eigenvalue weighted by molar-refractivity contribution is -0.141. The van der Waals surface area contributed by atoms with E-state index in [1.54, 1.807) is 24.7 Å². The fourth-order valence-corrected chi connectivity index (χ4v) is 5.97. The van der Waals surface area contributed by atoms with E-state index >= 15 is 0 Å². The van der Waals surface area contributed by atoms with Gasteiger partial charge in [-0.1, -0.05) is 10.4 Å². The number of carbonyl (C=O) groups is 2. The molecule has 0 radical (unpaired) electrons. The molecule has 12 nitrogen and oxygen atoms in total. The summed E-state index contributed by atoms with van der Waals surface area (Å²) >= 11 is 0. The molecule has 186 valence electrons. The number of nitrogens with zero attached hydrogens (tertiary/aromatic N) is 5. The van der Waals surface area contributed by atoms with E-state index in [4.69, 9.17) is 9.57 Å². The van der Waals surface area contributed by atoms with E-state index in [1.165, 1.54) is 4.90 Å². The Hall–Kier alpha value is -2.41. The van der Waals surface area contributed by atoms with Crippen molar-refractivity contribution in [3.8, 4) is 0 Å². The molecule has 3 N–H and O–H groups in total. The van der Waals surface area contributed by atoms with Crippen molar-refractivity contribution in [2.45, 2.75) is 63.6 Å². The van der Waals surface area contributed by atoms with Gasteiger partial charge in [-0.3, -0.25) is 14.5 Å². The first-order valence-corrected chi connectivity index (χ1v) is 11.9. The number of likely N-dealkylation sites (tertiary alicyclic amines) is 1. The Morgan fingerprint density at radius 2 is 1.94 bits per heavy atom. The van der Waals surface area contributed by atoms with Crippen LogP contribution in [0.15, 0.2) is 11.4 Å². The summed E-state index contributed by atoms with van der Waals surface area (Å²) in [4.78, 5) is 32.6. The molecule has 0 bridgehead atoms. The van der Waals surface area contributed by atoms with E-state index < -0.39 is 42.2 Å². The first-order valence-electron chi connectivity index (χ1n) is 11.9. The van der Waals surface area contributed by atoms with Crippen LogP contribution in [0.3, 0.4) is 0 Å². The van der Waals surface area contributed by atoms with Crippen LogP contribution in [0.1, 0.15) is 50.9 Å². The van der Waals surface area contributed by atoms with Crippen molar-refractivity contribution < 1.29 is 34.5 Å². The number of aliphatic hydroxyl groups excluding tert-OH is 3. The average Bonchev–Trinajstić information content (AvgIpc) is 3.53. The van der Waals surface area contributed by atoms with Crippen LogP contribution in [0.25, 0.3) is 0 Å². The van der Waals surface area contributed by atoms with Crippen LogP contribution >= 0.6 is 0 Å². The molecule has 12 heteroatoms. The molecular weight excluding hydrogens is 446 g/mol. The lowest BCUT2D eigenvalue weighted by atomic mass is 9.60. The van der Waals surface area contributed by atoms with Crippen molar-refractivity contribution in [1.82, 2.24) is 19.9 Å². The highest BCUT2D eigenvalue weighted by Gasteiger charge is 2.59. The van der Waals surface area contributed by atoms with Gasteiger partial charge in [-0.25, -0.2) is 4.68 Å². The maximum Gasteiger partial charge on any atom is 0.233 e. The van der Waals surface area contributed by atoms with Gasteiger partial charge < -0.3 is 24.9 Å². The average molecular weight is 478 g/mol. The van der Waals surface area contributed by atoms with Crippen LogP contribution in [0.4, 0.5) is 0 Å². The number of aromatic nitrogens is 3. The summed E-state index contributed by atoms with van der Waals surface area (Å²) in [6.07, 6.45) is -0.480. The smallest absolute Gasteiger partial charge is 0.233 e. The van der Waals surface area contributed by atoms with Crippen LogP contribution in [0.2, 0.25) is 0 Å². The molecule has 2 aliphatic heterocycles. The normalized spacial score (nSPS) is 39.9. The van der Waals surface area contributed by atoms with Gasteiger partial charge in [0.2, 0.25) is 11.8 Å². The molecule has 5 rings (SSSR count). The third kappa shape index (κ3) is 3.72. The van der Waals surface area contributed by atoms with Gasteiger partial charge in [0.15, 0.2) is 6.10 Å². The summed E-state index contributed by atoms with van der Waals surface area (Å²) < 4.78 is 6.82. The van der Waals surface area contributed by atoms with Gasteiger partial charge >= 0.3 is 0 Å². The van der Waals surface area contributed by atoms with E-state index in [0.29, 0.717) is 37.4 Å². The quantitative estimate of drug-likeness (QED) is 0.372. The zero-order valence-corrected chi connectivity index (χ0v) is 19.2. The molecule has 0 spiro atoms. The van der Waals surface area contributed by atoms with Crippen molar-refractivity contribution in [3.05, 3.63) is 11.9 Å². The molecule has 4 aliphatic rings. The SMILES string of the molecule is CCN1C(=O)[C@H]2[C@H]3[C@H](O)[C@H](O)CC(=NO[C@H](C)c4cn([C@@H]5COC[C@H]5O)nn4)[C@@H]3CC[C@H]2C1=O. The highest BCUT2D eigenvalue weighted by atomic mass is 16.6. The monoisotopic (exact) mass is 477 g/mol. The third-order valence-electron chi connectivity index (χ3n) is 7.82. The standard InChI is InChI=1S/C22H31N5O7/c1-3-26-21(31)12-5-4-11-13(6-16(28)20(30)18(11)19(12)22(26)32)24-34-10(2)14-7-27(25-23-14)15-8-33-9-17(15)29/h7,10-12,15-20,28-30H,3-6,8-9H2,1-2H3/t10-,11+,12-,15-,16-,17-,18+,19-,20-/m1/s1. The number of hydrogen-bond acceptors (Lipinski definition) is 10. The molecule has 0 unspecified atom stereocenters. The Morgan fingerprint density at radius 3 is 2.65 bits per heavy atom. The van der Waals surface area contributed by atoms with Gasteiger partial charge in [0.1, 0.15) is 17.8 Å². The Kier molecular flexibility index (Phi) is 6.17. The van der Waals surface area contributed by atoms with Gasteiger partial charge in [0.25, 0.3) is 0 Å². The molecule has 3 heterocycles. The zero-order valence-electron chi connectivity index (χ0n) is 19.2. The molecule has 0 aromatic carbocycles. The van der Waals surface area contributed by atoms with Gasteiger partial charge in [-0.05, 0) is 26.7 Å². The maximum atomic E-state index is 13.0. The number of aliphatic hydroxyl groups is 3. The van der Waals surface area contributed by atoms with Crippen LogP contribution < -0.4 is 0 Å². The number of rotatable bonds is 5. The fourth-order valence-electron chi connectivity index (χ4n) is 5.97. The van der Waals surface area contributed by atoms with Gasteiger partial charge in [-0.2, -0.15) is 0 Å². The largest absolute Gasteiger partial charge is 0.390 e. The number of carbonyl (C=O) groups excluding carboxylic acids is 2. The first-order chi connectivity index (χ1) is 16.3. The zero-order chi connectivity index (χ0) is 24.1. The third-order valence-corrected chi connectivity index (χ3v) is 7.82. The molecular formula is C22H31N5O7. The second kappa shape index (κ2) is 8.99. The van der Waals surface area contributed by atoms with Crippen LogP contribution in [0, 0.1) is 23.7 Å². The first kappa shape index (κ1) is 23.3. The highest BCUT2D eigenvalue weighted by molar-refractivity contribution is 6.06. The molecule has 2 saturated heterocycles. The Labute approximate surface area is 196 Å². The summed E-state index contributed by atoms with van der Waals surface area (Å²) in [5, 5.41) is 43.9. The summed E-state index contributed by atoms with van der Waals surface area (Å²) in [6.45, 7) is 4.43. The van der Waals surface area contributed by atoms with Crippen molar-refractivity contribution >= 4 is 17.5 Å². The summed E-state index contributed by atoms with van der Waals surface area (Å²) in [5.41, 5.74) is 1.10. The number of amides is 2. The Bertz CT molecular complexity index is 983. The topological polar surface area (TPSA) is 160 Å². The molecule has 2 aliphatic carbocycles. The van der Waals surface area contributed by atoms with E-state index in [1.807, 2.05) is 0 Å². The van der Waals surface area contributed by atoms with Crippen molar-refractivity contribution in [1.29, 1.82) is 0 Å². The molecule has 34 heavy (non-hydrogen) atoms. The highest BCUT2D eigenvalue weighted by Crippen LogP contribution is 2.49. The molecule has 4 fully saturated rings. The predicted molar refractivity (Wildman–Crippen MR) is 115 cm³/mol. The van der Waals surface area contributed by atoms with Crippen LogP contribution in [-0.4, -0.2) is 90.8 Å². The minimum Gasteiger partial charge on any atom is -0.390 e. The van der Waals surface area contributed by atoms with Crippen molar-refractivity contribution in [2.24, 2.45) is 28.8 Å². The number of fused-ring (bicyclic) bond motifs is 3. The number of imide groups is 1. The molecule has 9 atom stereocenters. The van der Waals surface area contributed by atoms with Crippen LogP contribution in [-0.2, 0) is 19.2 Å². The van der Waals surface area contributed by atoms with Crippen molar-refractivity contribution in [2.75, 3.05) is 19.8 Å². The second-order valence-corrected chi connectivity index (χ2v) is 9.70. The van der Waals surface area contributed by atoms with Gasteiger partial charge in [-0.15, -0.1) is 5.10 Å². The maximum absolute atomic E-state index is 13.0. The Balaban J connectivity index is 1.33. The summed E-state index contributed by atoms with van der Waals surface area (Å²) in [6, 6.07) is -0.306. The Morgan fingerprint density at radius 1 is 1.18 bits per heavy atom. The summed E-state index contributed by atoms with van der Waals surface area (Å²) in [7, 11) is 0. The lowest BCUT2D eigenvalue weighted by Gasteiger charge is -2.45. The van der Waals surface area contributed by atoms with E-state index in [2.05, 4.69) is 15.5 Å². The van der Waals surface area contributed by atoms with Crippen molar-refractivity contribution in [3.63, 3.8) is 0 Å². The van der Waals surface area contributed by atoms with Crippen LogP contribution in [0.5, 0.6) is 0 Å². The van der Waals surface area contributed by atoms with E-state index in [0.717, 1.165) is 0 Å². The van der Waals surface area contributed by atoms with E-state index in [-0.39, 0.29) is 36.8 Å². The van der Waals surface area contributed by atoms with Gasteiger partial charge in [0, 0.05) is 24.8 Å². The predicted octanol–water partition coefficient (Wildman–Crippen LogP) is -0.583. The number of oxime groups is 1. The van der Waals surface area contributed by atoms with Gasteiger partial charge in [0.05, 0.1) is 49.2 Å². The minimum absolute atomic E-state index is 0.129. The second-order valence-electron chi connectivity index (χ2n) is 9.70. The molecule has 1 aromatic heterocycles. The molecule has 1 aromatic rings. The molecule has 2 saturated carbocycles. The molecule has 2 amide bonds.